The van der Waals surface area contributed by atoms with Crippen LogP contribution in [0.2, 0.25) is 0 Å². The maximum absolute atomic E-state index is 9.33. The summed E-state index contributed by atoms with van der Waals surface area (Å²) in [5.74, 6) is 0.936. The number of nitrogens with zero attached hydrogens (tertiary/aromatic N) is 1. The molecule has 0 bridgehead atoms. The first-order valence-electron chi connectivity index (χ1n) is 6.34. The van der Waals surface area contributed by atoms with Gasteiger partial charge in [-0.3, -0.25) is 4.90 Å². The Morgan fingerprint density at radius 3 is 3.00 bits per heavy atom. The number of methoxy groups -OCH3 is 1. The lowest BCUT2D eigenvalue weighted by Gasteiger charge is -2.23. The summed E-state index contributed by atoms with van der Waals surface area (Å²) in [6.07, 6.45) is 4.37. The Morgan fingerprint density at radius 1 is 1.50 bits per heavy atom. The summed E-state index contributed by atoms with van der Waals surface area (Å²) in [5.41, 5.74) is 1.29. The molecule has 1 aliphatic heterocycles. The highest BCUT2D eigenvalue weighted by Gasteiger charge is 2.23. The smallest absolute Gasteiger partial charge is 0.132 e. The first-order valence-corrected chi connectivity index (χ1v) is 7.56. The Hall–Kier alpha value is -0.710. The van der Waals surface area contributed by atoms with Gasteiger partial charge >= 0.3 is 0 Å². The lowest BCUT2D eigenvalue weighted by atomic mass is 10.2. The normalized spacial score (nSPS) is 20.3. The predicted molar refractivity (Wildman–Crippen MR) is 75.3 cm³/mol. The highest BCUT2D eigenvalue weighted by atomic mass is 32.2. The van der Waals surface area contributed by atoms with Gasteiger partial charge in [-0.1, -0.05) is 6.07 Å². The number of benzene rings is 1. The third-order valence-corrected chi connectivity index (χ3v) is 4.30. The monoisotopic (exact) mass is 267 g/mol. The fourth-order valence-electron chi connectivity index (χ4n) is 2.52. The zero-order valence-electron chi connectivity index (χ0n) is 11.1. The largest absolute Gasteiger partial charge is 0.496 e. The van der Waals surface area contributed by atoms with Crippen LogP contribution in [-0.2, 0) is 6.54 Å². The summed E-state index contributed by atoms with van der Waals surface area (Å²) >= 11 is 1.71. The minimum Gasteiger partial charge on any atom is -0.496 e. The van der Waals surface area contributed by atoms with Gasteiger partial charge in [0.2, 0.25) is 0 Å². The molecule has 2 rings (SSSR count). The molecule has 1 aliphatic rings. The third kappa shape index (κ3) is 2.99. The molecule has 1 heterocycles. The molecular formula is C14H21NO2S. The van der Waals surface area contributed by atoms with E-state index in [0.717, 1.165) is 25.3 Å². The molecule has 1 fully saturated rings. The molecule has 0 unspecified atom stereocenters. The van der Waals surface area contributed by atoms with Crippen LogP contribution in [0.4, 0.5) is 0 Å². The first kappa shape index (κ1) is 13.7. The van der Waals surface area contributed by atoms with Gasteiger partial charge in [-0.05, 0) is 43.3 Å². The average Bonchev–Trinajstić information content (AvgIpc) is 2.85. The van der Waals surface area contributed by atoms with Crippen LogP contribution in [0.5, 0.6) is 5.75 Å². The van der Waals surface area contributed by atoms with Gasteiger partial charge in [-0.25, -0.2) is 0 Å². The van der Waals surface area contributed by atoms with Crippen LogP contribution in [0.1, 0.15) is 18.4 Å². The number of thioether (sulfide) groups is 1. The van der Waals surface area contributed by atoms with Crippen molar-refractivity contribution >= 4 is 11.8 Å². The average molecular weight is 267 g/mol. The second-order valence-corrected chi connectivity index (χ2v) is 5.49. The number of hydrogen-bond acceptors (Lipinski definition) is 4. The number of ether oxygens (including phenoxy) is 1. The molecule has 4 heteroatoms. The highest BCUT2D eigenvalue weighted by molar-refractivity contribution is 7.98. The fraction of sp³-hybridized carbons (Fsp3) is 0.571. The molecule has 0 spiro atoms. The minimum atomic E-state index is 0.269. The molecule has 1 atom stereocenters. The molecule has 1 aromatic rings. The van der Waals surface area contributed by atoms with E-state index >= 15 is 0 Å². The zero-order valence-corrected chi connectivity index (χ0v) is 11.9. The maximum Gasteiger partial charge on any atom is 0.132 e. The summed E-state index contributed by atoms with van der Waals surface area (Å²) in [5, 5.41) is 9.33. The summed E-state index contributed by atoms with van der Waals surface area (Å²) in [4.78, 5) is 3.54. The van der Waals surface area contributed by atoms with Crippen molar-refractivity contribution in [1.82, 2.24) is 4.90 Å². The second-order valence-electron chi connectivity index (χ2n) is 4.64. The zero-order chi connectivity index (χ0) is 13.0. The van der Waals surface area contributed by atoms with E-state index in [-0.39, 0.29) is 6.61 Å². The van der Waals surface area contributed by atoms with Gasteiger partial charge in [-0.15, -0.1) is 11.8 Å². The molecule has 18 heavy (non-hydrogen) atoms. The maximum atomic E-state index is 9.33. The quantitative estimate of drug-likeness (QED) is 0.830. The van der Waals surface area contributed by atoms with Crippen molar-refractivity contribution in [3.05, 3.63) is 23.8 Å². The molecule has 1 aromatic carbocycles. The predicted octanol–water partition coefficient (Wildman–Crippen LogP) is 2.37. The summed E-state index contributed by atoms with van der Waals surface area (Å²) in [6, 6.07) is 6.68. The summed E-state index contributed by atoms with van der Waals surface area (Å²) in [6.45, 7) is 2.28. The Kier molecular flexibility index (Phi) is 4.92. The molecule has 0 aliphatic carbocycles. The van der Waals surface area contributed by atoms with Crippen LogP contribution >= 0.6 is 11.8 Å². The van der Waals surface area contributed by atoms with E-state index in [0.29, 0.717) is 6.04 Å². The van der Waals surface area contributed by atoms with Crippen molar-refractivity contribution in [3.63, 3.8) is 0 Å². The van der Waals surface area contributed by atoms with E-state index < -0.39 is 0 Å². The molecule has 1 N–H and O–H groups in total. The lowest BCUT2D eigenvalue weighted by molar-refractivity contribution is 0.153. The molecular weight excluding hydrogens is 246 g/mol. The highest BCUT2D eigenvalue weighted by Crippen LogP contribution is 2.29. The lowest BCUT2D eigenvalue weighted by Crippen LogP contribution is -2.31. The number of aliphatic hydroxyl groups excluding tert-OH is 1. The van der Waals surface area contributed by atoms with Crippen molar-refractivity contribution in [2.45, 2.75) is 30.3 Å². The number of likely N-dealkylation sites (tertiary alicyclic amines) is 1. The van der Waals surface area contributed by atoms with Crippen LogP contribution in [-0.4, -0.2) is 42.6 Å². The van der Waals surface area contributed by atoms with Gasteiger partial charge in [-0.2, -0.15) is 0 Å². The molecule has 0 saturated carbocycles. The molecule has 100 valence electrons. The van der Waals surface area contributed by atoms with Crippen LogP contribution in [0.25, 0.3) is 0 Å². The number of hydrogen-bond donors (Lipinski definition) is 1. The van der Waals surface area contributed by atoms with Crippen molar-refractivity contribution in [3.8, 4) is 5.75 Å². The molecule has 0 radical (unpaired) electrons. The fourth-order valence-corrected chi connectivity index (χ4v) is 3.15. The van der Waals surface area contributed by atoms with E-state index in [1.165, 1.54) is 16.9 Å². The van der Waals surface area contributed by atoms with Gasteiger partial charge < -0.3 is 9.84 Å². The first-order chi connectivity index (χ1) is 8.78. The van der Waals surface area contributed by atoms with E-state index in [9.17, 15) is 5.11 Å². The van der Waals surface area contributed by atoms with Gasteiger partial charge in [0.15, 0.2) is 0 Å². The van der Waals surface area contributed by atoms with Crippen LogP contribution in [0.15, 0.2) is 23.1 Å². The van der Waals surface area contributed by atoms with Gasteiger partial charge in [0, 0.05) is 17.5 Å². The Labute approximate surface area is 113 Å². The second kappa shape index (κ2) is 6.45. The Morgan fingerprint density at radius 2 is 2.33 bits per heavy atom. The third-order valence-electron chi connectivity index (χ3n) is 3.54. The van der Waals surface area contributed by atoms with Crippen LogP contribution < -0.4 is 4.74 Å². The summed E-state index contributed by atoms with van der Waals surface area (Å²) in [7, 11) is 1.71. The molecule has 3 nitrogen and oxygen atoms in total. The number of aliphatic hydroxyl groups is 1. The Balaban J connectivity index is 2.09. The van der Waals surface area contributed by atoms with Gasteiger partial charge in [0.1, 0.15) is 5.75 Å². The SMILES string of the molecule is COc1ccc(CN2CCC[C@@H]2CO)cc1SC. The van der Waals surface area contributed by atoms with Crippen molar-refractivity contribution in [2.24, 2.45) is 0 Å². The van der Waals surface area contributed by atoms with Crippen molar-refractivity contribution in [2.75, 3.05) is 26.5 Å². The van der Waals surface area contributed by atoms with Gasteiger partial charge in [0.05, 0.1) is 13.7 Å². The van der Waals surface area contributed by atoms with E-state index in [2.05, 4.69) is 23.3 Å². The minimum absolute atomic E-state index is 0.269. The standard InChI is InChI=1S/C14H21NO2S/c1-17-13-6-5-11(8-14(13)18-2)9-15-7-3-4-12(15)10-16/h5-6,8,12,16H,3-4,7,9-10H2,1-2H3/t12-/m1/s1. The molecule has 1 saturated heterocycles. The molecule has 0 aromatic heterocycles. The topological polar surface area (TPSA) is 32.7 Å². The summed E-state index contributed by atoms with van der Waals surface area (Å²) < 4.78 is 5.33. The Bertz CT molecular complexity index is 397. The van der Waals surface area contributed by atoms with Crippen LogP contribution in [0.3, 0.4) is 0 Å². The molecule has 0 amide bonds. The van der Waals surface area contributed by atoms with E-state index in [1.807, 2.05) is 6.07 Å². The van der Waals surface area contributed by atoms with Crippen LogP contribution in [0, 0.1) is 0 Å². The van der Waals surface area contributed by atoms with E-state index in [1.54, 1.807) is 18.9 Å². The van der Waals surface area contributed by atoms with E-state index in [4.69, 9.17) is 4.74 Å². The van der Waals surface area contributed by atoms with Crippen molar-refractivity contribution < 1.29 is 9.84 Å². The van der Waals surface area contributed by atoms with Crippen molar-refractivity contribution in [1.29, 1.82) is 0 Å². The van der Waals surface area contributed by atoms with Gasteiger partial charge in [0.25, 0.3) is 0 Å². The number of rotatable bonds is 5.